The lowest BCUT2D eigenvalue weighted by molar-refractivity contribution is 1.09. The zero-order valence-corrected chi connectivity index (χ0v) is 10.9. The smallest absolute Gasteiger partial charge is 0.258 e. The molecule has 0 saturated heterocycles. The quantitative estimate of drug-likeness (QED) is 0.693. The Morgan fingerprint density at radius 3 is 3.00 bits per heavy atom. The first kappa shape index (κ1) is 10.5. The summed E-state index contributed by atoms with van der Waals surface area (Å²) in [6.07, 6.45) is 7.11. The predicted octanol–water partition coefficient (Wildman–Crippen LogP) is 2.32. The summed E-state index contributed by atoms with van der Waals surface area (Å²) in [4.78, 5) is 18.5. The van der Waals surface area contributed by atoms with E-state index < -0.39 is 0 Å². The second-order valence-corrected chi connectivity index (χ2v) is 4.79. The van der Waals surface area contributed by atoms with Crippen molar-refractivity contribution >= 4 is 33.5 Å². The molecular formula is C12H8IN3O. The Kier molecular flexibility index (Phi) is 2.47. The highest BCUT2D eigenvalue weighted by Gasteiger charge is 2.10. The molecule has 0 amide bonds. The number of hydrogen-bond acceptors (Lipinski definition) is 2. The third kappa shape index (κ3) is 1.66. The molecule has 0 unspecified atom stereocenters. The van der Waals surface area contributed by atoms with Gasteiger partial charge in [0.05, 0.1) is 22.8 Å². The molecule has 17 heavy (non-hydrogen) atoms. The monoisotopic (exact) mass is 337 g/mol. The number of aromatic amines is 1. The van der Waals surface area contributed by atoms with Crippen LogP contribution in [0.3, 0.4) is 0 Å². The first-order chi connectivity index (χ1) is 8.27. The molecule has 0 fully saturated rings. The van der Waals surface area contributed by atoms with Crippen molar-refractivity contribution in [2.45, 2.75) is 0 Å². The van der Waals surface area contributed by atoms with E-state index in [1.54, 1.807) is 18.6 Å². The molecule has 0 aliphatic heterocycles. The average Bonchev–Trinajstić information content (AvgIpc) is 2.69. The lowest BCUT2D eigenvalue weighted by Crippen LogP contribution is -2.04. The van der Waals surface area contributed by atoms with Crippen LogP contribution in [0.2, 0.25) is 0 Å². The highest BCUT2D eigenvalue weighted by molar-refractivity contribution is 14.1. The van der Waals surface area contributed by atoms with Crippen LogP contribution >= 0.6 is 22.6 Å². The van der Waals surface area contributed by atoms with Gasteiger partial charge in [-0.3, -0.25) is 9.78 Å². The van der Waals surface area contributed by atoms with E-state index in [1.165, 1.54) is 0 Å². The number of hydrogen-bond donors (Lipinski definition) is 1. The molecule has 0 atom stereocenters. The topological polar surface area (TPSA) is 50.7 Å². The average molecular weight is 337 g/mol. The number of aromatic nitrogens is 3. The molecule has 0 saturated carbocycles. The van der Waals surface area contributed by atoms with Crippen LogP contribution in [0.15, 0.2) is 47.8 Å². The zero-order valence-electron chi connectivity index (χ0n) is 8.72. The van der Waals surface area contributed by atoms with Gasteiger partial charge in [0.15, 0.2) is 0 Å². The van der Waals surface area contributed by atoms with Gasteiger partial charge in [-0.25, -0.2) is 0 Å². The number of nitrogens with zero attached hydrogens (tertiary/aromatic N) is 2. The maximum Gasteiger partial charge on any atom is 0.258 e. The van der Waals surface area contributed by atoms with Gasteiger partial charge >= 0.3 is 0 Å². The Bertz CT molecular complexity index is 730. The van der Waals surface area contributed by atoms with Crippen molar-refractivity contribution in [3.8, 4) is 5.69 Å². The molecule has 4 nitrogen and oxygen atoms in total. The highest BCUT2D eigenvalue weighted by Crippen LogP contribution is 2.22. The Morgan fingerprint density at radius 1 is 1.35 bits per heavy atom. The molecule has 84 valence electrons. The summed E-state index contributed by atoms with van der Waals surface area (Å²) in [6, 6.07) is 5.73. The molecule has 0 bridgehead atoms. The van der Waals surface area contributed by atoms with Crippen LogP contribution in [0.25, 0.3) is 16.6 Å². The van der Waals surface area contributed by atoms with Crippen LogP contribution in [-0.4, -0.2) is 14.5 Å². The molecule has 0 aliphatic rings. The molecule has 3 aromatic rings. The van der Waals surface area contributed by atoms with E-state index in [2.05, 4.69) is 32.6 Å². The van der Waals surface area contributed by atoms with E-state index in [4.69, 9.17) is 0 Å². The van der Waals surface area contributed by atoms with Crippen LogP contribution in [0, 0.1) is 3.57 Å². The van der Waals surface area contributed by atoms with E-state index in [0.29, 0.717) is 0 Å². The first-order valence-corrected chi connectivity index (χ1v) is 6.14. The summed E-state index contributed by atoms with van der Waals surface area (Å²) >= 11 is 2.17. The number of halogens is 1. The van der Waals surface area contributed by atoms with E-state index >= 15 is 0 Å². The molecule has 1 N–H and O–H groups in total. The Balaban J connectivity index is 2.40. The van der Waals surface area contributed by atoms with E-state index in [1.807, 2.05) is 29.0 Å². The molecule has 0 spiro atoms. The van der Waals surface area contributed by atoms with Gasteiger partial charge in [-0.15, -0.1) is 0 Å². The van der Waals surface area contributed by atoms with E-state index in [0.717, 1.165) is 20.2 Å². The standard InChI is InChI=1S/C12H8IN3O/c13-9-7-16(8-2-1-4-14-6-8)10-3-5-15-12(17)11(9)10/h1-7H,(H,15,17). The van der Waals surface area contributed by atoms with Gasteiger partial charge in [0.25, 0.3) is 5.56 Å². The van der Waals surface area contributed by atoms with Gasteiger partial charge in [-0.2, -0.15) is 0 Å². The fourth-order valence-electron chi connectivity index (χ4n) is 1.86. The molecule has 3 aromatic heterocycles. The summed E-state index contributed by atoms with van der Waals surface area (Å²) in [5.74, 6) is 0. The van der Waals surface area contributed by atoms with Crippen molar-refractivity contribution in [2.75, 3.05) is 0 Å². The van der Waals surface area contributed by atoms with Crippen LogP contribution in [0.5, 0.6) is 0 Å². The molecule has 3 rings (SSSR count). The van der Waals surface area contributed by atoms with Crippen molar-refractivity contribution < 1.29 is 0 Å². The maximum absolute atomic E-state index is 11.8. The van der Waals surface area contributed by atoms with Gasteiger partial charge in [-0.05, 0) is 40.8 Å². The second kappa shape index (κ2) is 3.99. The van der Waals surface area contributed by atoms with Gasteiger partial charge in [0.1, 0.15) is 0 Å². The zero-order chi connectivity index (χ0) is 11.8. The van der Waals surface area contributed by atoms with Crippen molar-refractivity contribution in [2.24, 2.45) is 0 Å². The van der Waals surface area contributed by atoms with Gasteiger partial charge in [0.2, 0.25) is 0 Å². The van der Waals surface area contributed by atoms with Crippen molar-refractivity contribution in [1.29, 1.82) is 0 Å². The predicted molar refractivity (Wildman–Crippen MR) is 74.4 cm³/mol. The van der Waals surface area contributed by atoms with Crippen LogP contribution in [0.4, 0.5) is 0 Å². The molecule has 0 aromatic carbocycles. The lowest BCUT2D eigenvalue weighted by Gasteiger charge is -2.03. The van der Waals surface area contributed by atoms with E-state index in [9.17, 15) is 4.79 Å². The molecule has 5 heteroatoms. The maximum atomic E-state index is 11.8. The van der Waals surface area contributed by atoms with Crippen molar-refractivity contribution in [3.05, 3.63) is 56.9 Å². The minimum atomic E-state index is -0.0606. The lowest BCUT2D eigenvalue weighted by atomic mass is 10.3. The Morgan fingerprint density at radius 2 is 2.24 bits per heavy atom. The minimum absolute atomic E-state index is 0.0606. The largest absolute Gasteiger partial charge is 0.328 e. The molecule has 3 heterocycles. The van der Waals surface area contributed by atoms with Gasteiger partial charge in [0, 0.05) is 22.2 Å². The number of fused-ring (bicyclic) bond motifs is 1. The number of nitrogens with one attached hydrogen (secondary N) is 1. The fraction of sp³-hybridized carbons (Fsp3) is 0. The third-order valence-corrected chi connectivity index (χ3v) is 3.42. The number of pyridine rings is 2. The summed E-state index contributed by atoms with van der Waals surface area (Å²) in [5, 5.41) is 0.719. The Labute approximate surface area is 110 Å². The summed E-state index contributed by atoms with van der Waals surface area (Å²) < 4.78 is 2.91. The summed E-state index contributed by atoms with van der Waals surface area (Å²) in [6.45, 7) is 0. The van der Waals surface area contributed by atoms with Crippen LogP contribution < -0.4 is 5.56 Å². The van der Waals surface area contributed by atoms with Gasteiger partial charge in [-0.1, -0.05) is 0 Å². The van der Waals surface area contributed by atoms with Crippen molar-refractivity contribution in [3.63, 3.8) is 0 Å². The van der Waals surface area contributed by atoms with Crippen LogP contribution in [0.1, 0.15) is 0 Å². The fourth-order valence-corrected chi connectivity index (χ4v) is 2.66. The Hall–Kier alpha value is -1.63. The highest BCUT2D eigenvalue weighted by atomic mass is 127. The van der Waals surface area contributed by atoms with Crippen molar-refractivity contribution in [1.82, 2.24) is 14.5 Å². The van der Waals surface area contributed by atoms with Crippen LogP contribution in [-0.2, 0) is 0 Å². The second-order valence-electron chi connectivity index (χ2n) is 3.63. The molecular weight excluding hydrogens is 329 g/mol. The van der Waals surface area contributed by atoms with E-state index in [-0.39, 0.29) is 5.56 Å². The summed E-state index contributed by atoms with van der Waals surface area (Å²) in [5.41, 5.74) is 1.78. The number of H-pyrrole nitrogens is 1. The first-order valence-electron chi connectivity index (χ1n) is 5.06. The minimum Gasteiger partial charge on any atom is -0.328 e. The third-order valence-electron chi connectivity index (χ3n) is 2.60. The molecule has 0 radical (unpaired) electrons. The normalized spacial score (nSPS) is 10.9. The number of rotatable bonds is 1. The SMILES string of the molecule is O=c1[nH]ccc2c1c(I)cn2-c1cccnc1. The summed E-state index contributed by atoms with van der Waals surface area (Å²) in [7, 11) is 0. The van der Waals surface area contributed by atoms with Gasteiger partial charge < -0.3 is 9.55 Å². The molecule has 0 aliphatic carbocycles.